The third-order valence-electron chi connectivity index (χ3n) is 8.37. The van der Waals surface area contributed by atoms with E-state index in [9.17, 15) is 4.79 Å². The van der Waals surface area contributed by atoms with Crippen molar-refractivity contribution in [2.45, 2.75) is 37.8 Å². The molecule has 2 aliphatic rings. The van der Waals surface area contributed by atoms with E-state index in [0.717, 1.165) is 41.9 Å². The highest BCUT2D eigenvalue weighted by Gasteiger charge is 2.31. The molecule has 2 aromatic heterocycles. The minimum Gasteiger partial charge on any atom is -0.457 e. The van der Waals surface area contributed by atoms with E-state index >= 15 is 0 Å². The number of anilines is 1. The molecule has 0 radical (unpaired) electrons. The number of piperidine rings is 1. The number of likely N-dealkylation sites (tertiary alicyclic amines) is 1. The molecule has 0 spiro atoms. The number of aromatic nitrogens is 4. The van der Waals surface area contributed by atoms with Crippen molar-refractivity contribution in [3.63, 3.8) is 0 Å². The quantitative estimate of drug-likeness (QED) is 0.268. The van der Waals surface area contributed by atoms with Crippen molar-refractivity contribution in [2.24, 2.45) is 5.73 Å². The molecule has 1 amide bonds. The van der Waals surface area contributed by atoms with Crippen LogP contribution in [-0.2, 0) is 11.2 Å². The predicted octanol–water partition coefficient (Wildman–Crippen LogP) is 5.39. The van der Waals surface area contributed by atoms with Gasteiger partial charge in [0.25, 0.3) is 0 Å². The molecule has 1 aliphatic heterocycles. The fourth-order valence-corrected chi connectivity index (χ4v) is 6.22. The molecule has 9 heteroatoms. The van der Waals surface area contributed by atoms with Gasteiger partial charge in [0.2, 0.25) is 5.91 Å². The zero-order chi connectivity index (χ0) is 29.3. The molecule has 3 heterocycles. The molecular formula is C34H33N7O2. The number of para-hydroxylation sites is 1. The monoisotopic (exact) mass is 571 g/mol. The van der Waals surface area contributed by atoms with E-state index in [2.05, 4.69) is 28.2 Å². The normalized spacial score (nSPS) is 17.0. The van der Waals surface area contributed by atoms with E-state index in [1.165, 1.54) is 17.5 Å². The number of ether oxygens (including phenoxy) is 1. The third-order valence-corrected chi connectivity index (χ3v) is 8.37. The van der Waals surface area contributed by atoms with Crippen LogP contribution in [0.1, 0.15) is 36.4 Å². The average molecular weight is 572 g/mol. The minimum absolute atomic E-state index is 0.0326. The number of hydrogen-bond donors (Lipinski definition) is 2. The molecule has 216 valence electrons. The summed E-state index contributed by atoms with van der Waals surface area (Å²) in [6.45, 7) is 1.18. The van der Waals surface area contributed by atoms with Crippen LogP contribution in [0.2, 0.25) is 0 Å². The number of rotatable bonds is 7. The fourth-order valence-electron chi connectivity index (χ4n) is 6.22. The number of nitrogen functional groups attached to an aromatic ring is 1. The number of nitrogens with two attached hydrogens (primary N) is 2. The summed E-state index contributed by atoms with van der Waals surface area (Å²) in [4.78, 5) is 24.3. The van der Waals surface area contributed by atoms with Crippen LogP contribution in [0.4, 0.5) is 5.82 Å². The highest BCUT2D eigenvalue weighted by atomic mass is 16.5. The molecule has 0 saturated carbocycles. The Kier molecular flexibility index (Phi) is 7.08. The highest BCUT2D eigenvalue weighted by molar-refractivity contribution is 5.98. The summed E-state index contributed by atoms with van der Waals surface area (Å²) in [7, 11) is 0. The van der Waals surface area contributed by atoms with Crippen molar-refractivity contribution in [1.82, 2.24) is 24.6 Å². The SMILES string of the molecule is Nc1ncnc2c1c(-c1ccc(Oc3ccccc3)cc1)nn2[C@@H]1CCCN(C(=O)[C@H](N)CC2=CCc3ccccc32)C1. The maximum atomic E-state index is 13.6. The van der Waals surface area contributed by atoms with Gasteiger partial charge in [0.15, 0.2) is 5.65 Å². The van der Waals surface area contributed by atoms with Gasteiger partial charge in [-0.1, -0.05) is 48.5 Å². The molecule has 5 aromatic rings. The number of fused-ring (bicyclic) bond motifs is 2. The van der Waals surface area contributed by atoms with Gasteiger partial charge in [-0.25, -0.2) is 14.6 Å². The number of allylic oxidation sites excluding steroid dienone is 1. The highest BCUT2D eigenvalue weighted by Crippen LogP contribution is 2.35. The first-order valence-electron chi connectivity index (χ1n) is 14.7. The lowest BCUT2D eigenvalue weighted by atomic mass is 9.98. The maximum Gasteiger partial charge on any atom is 0.239 e. The van der Waals surface area contributed by atoms with Gasteiger partial charge < -0.3 is 21.1 Å². The smallest absolute Gasteiger partial charge is 0.239 e. The van der Waals surface area contributed by atoms with E-state index in [4.69, 9.17) is 21.3 Å². The Bertz CT molecular complexity index is 1810. The topological polar surface area (TPSA) is 125 Å². The van der Waals surface area contributed by atoms with Gasteiger partial charge in [0.05, 0.1) is 17.5 Å². The fraction of sp³-hybridized carbons (Fsp3) is 0.235. The lowest BCUT2D eigenvalue weighted by Gasteiger charge is -2.34. The number of carbonyl (C=O) groups is 1. The lowest BCUT2D eigenvalue weighted by molar-refractivity contribution is -0.134. The summed E-state index contributed by atoms with van der Waals surface area (Å²) < 4.78 is 7.88. The Balaban J connectivity index is 1.12. The van der Waals surface area contributed by atoms with Gasteiger partial charge in [-0.05, 0) is 78.8 Å². The van der Waals surface area contributed by atoms with E-state index in [1.807, 2.05) is 76.3 Å². The summed E-state index contributed by atoms with van der Waals surface area (Å²) in [5.41, 5.74) is 18.8. The molecule has 9 nitrogen and oxygen atoms in total. The summed E-state index contributed by atoms with van der Waals surface area (Å²) in [6.07, 6.45) is 6.78. The van der Waals surface area contributed by atoms with Gasteiger partial charge in [0, 0.05) is 18.7 Å². The van der Waals surface area contributed by atoms with E-state index in [0.29, 0.717) is 42.1 Å². The van der Waals surface area contributed by atoms with Crippen LogP contribution in [0, 0.1) is 0 Å². The first-order chi connectivity index (χ1) is 21.0. The van der Waals surface area contributed by atoms with Gasteiger partial charge in [-0.3, -0.25) is 4.79 Å². The Labute approximate surface area is 249 Å². The zero-order valence-electron chi connectivity index (χ0n) is 23.8. The van der Waals surface area contributed by atoms with Crippen LogP contribution in [-0.4, -0.2) is 49.7 Å². The van der Waals surface area contributed by atoms with Gasteiger partial charge >= 0.3 is 0 Å². The summed E-state index contributed by atoms with van der Waals surface area (Å²) in [5.74, 6) is 1.82. The van der Waals surface area contributed by atoms with Crippen molar-refractivity contribution in [3.05, 3.63) is 102 Å². The Morgan fingerprint density at radius 3 is 2.58 bits per heavy atom. The average Bonchev–Trinajstić information content (AvgIpc) is 3.64. The van der Waals surface area contributed by atoms with Crippen LogP contribution >= 0.6 is 0 Å². The lowest BCUT2D eigenvalue weighted by Crippen LogP contribution is -2.48. The van der Waals surface area contributed by atoms with Crippen molar-refractivity contribution >= 4 is 28.3 Å². The molecule has 1 aliphatic carbocycles. The number of carbonyl (C=O) groups excluding carboxylic acids is 1. The molecule has 2 atom stereocenters. The predicted molar refractivity (Wildman–Crippen MR) is 167 cm³/mol. The van der Waals surface area contributed by atoms with Crippen molar-refractivity contribution in [1.29, 1.82) is 0 Å². The summed E-state index contributed by atoms with van der Waals surface area (Å²) in [6, 6.07) is 25.1. The summed E-state index contributed by atoms with van der Waals surface area (Å²) >= 11 is 0. The van der Waals surface area contributed by atoms with Crippen molar-refractivity contribution < 1.29 is 9.53 Å². The maximum absolute atomic E-state index is 13.6. The number of benzene rings is 3. The Morgan fingerprint density at radius 2 is 1.74 bits per heavy atom. The standard InChI is InChI=1S/C34H33N7O2/c35-29(19-24-13-12-22-7-4-5-11-28(22)24)34(42)40-18-6-8-25(20-40)41-33-30(32(36)37-21-38-33)31(39-41)23-14-16-27(17-15-23)43-26-9-2-1-3-10-26/h1-5,7,9-11,13-17,21,25,29H,6,8,12,18-20,35H2,(H2,36,37,38)/t25-,29-/m1/s1. The van der Waals surface area contributed by atoms with Crippen LogP contribution in [0.25, 0.3) is 27.9 Å². The molecule has 0 unspecified atom stereocenters. The second-order valence-electron chi connectivity index (χ2n) is 11.2. The first kappa shape index (κ1) is 26.9. The molecule has 0 bridgehead atoms. The van der Waals surface area contributed by atoms with Crippen LogP contribution in [0.15, 0.2) is 91.3 Å². The molecule has 1 saturated heterocycles. The summed E-state index contributed by atoms with van der Waals surface area (Å²) in [5, 5.41) is 5.72. The second kappa shape index (κ2) is 11.3. The molecular weight excluding hydrogens is 538 g/mol. The van der Waals surface area contributed by atoms with Crippen LogP contribution < -0.4 is 16.2 Å². The van der Waals surface area contributed by atoms with Crippen LogP contribution in [0.5, 0.6) is 11.5 Å². The molecule has 4 N–H and O–H groups in total. The minimum atomic E-state index is -0.601. The van der Waals surface area contributed by atoms with Gasteiger partial charge in [-0.15, -0.1) is 0 Å². The molecule has 3 aromatic carbocycles. The number of nitrogens with zero attached hydrogens (tertiary/aromatic N) is 5. The number of amides is 1. The first-order valence-corrected chi connectivity index (χ1v) is 14.7. The molecule has 7 rings (SSSR count). The van der Waals surface area contributed by atoms with Crippen LogP contribution in [0.3, 0.4) is 0 Å². The second-order valence-corrected chi connectivity index (χ2v) is 11.2. The largest absolute Gasteiger partial charge is 0.457 e. The van der Waals surface area contributed by atoms with E-state index in [1.54, 1.807) is 0 Å². The number of hydrogen-bond acceptors (Lipinski definition) is 7. The van der Waals surface area contributed by atoms with Gasteiger partial charge in [0.1, 0.15) is 29.3 Å². The third kappa shape index (κ3) is 5.23. The zero-order valence-corrected chi connectivity index (χ0v) is 23.8. The van der Waals surface area contributed by atoms with Gasteiger partial charge in [-0.2, -0.15) is 5.10 Å². The van der Waals surface area contributed by atoms with E-state index < -0.39 is 6.04 Å². The van der Waals surface area contributed by atoms with E-state index in [-0.39, 0.29) is 11.9 Å². The Hall–Kier alpha value is -5.02. The molecule has 1 fully saturated rings. The van der Waals surface area contributed by atoms with Crippen molar-refractivity contribution in [2.75, 3.05) is 18.8 Å². The van der Waals surface area contributed by atoms with Crippen molar-refractivity contribution in [3.8, 4) is 22.8 Å². The Morgan fingerprint density at radius 1 is 0.977 bits per heavy atom. The molecule has 43 heavy (non-hydrogen) atoms.